The lowest BCUT2D eigenvalue weighted by Gasteiger charge is -2.11. The highest BCUT2D eigenvalue weighted by molar-refractivity contribution is 6.02. The summed E-state index contributed by atoms with van der Waals surface area (Å²) in [5.41, 5.74) is 8.93. The Kier molecular flexibility index (Phi) is 4.78. The smallest absolute Gasteiger partial charge is 0.275 e. The zero-order valence-corrected chi connectivity index (χ0v) is 15.6. The highest BCUT2D eigenvalue weighted by Gasteiger charge is 2.12. The number of halogens is 1. The number of hydrogen-bond donors (Lipinski definition) is 3. The summed E-state index contributed by atoms with van der Waals surface area (Å²) in [6.07, 6.45) is 6.51. The monoisotopic (exact) mass is 391 g/mol. The lowest BCUT2D eigenvalue weighted by Crippen LogP contribution is -2.15. The first-order valence-electron chi connectivity index (χ1n) is 8.85. The Bertz CT molecular complexity index is 1200. The standard InChI is InChI=1S/C20H18FN7O/c1-12-10-28-11-17(25-9-18(28)26-12)20(29)27-14-4-5-15(21)13(7-14)8-24-16-3-2-6-23-19(16)22/h2-7,9-11,24H,8H2,1H3,(H2,22,23)(H,27,29). The minimum Gasteiger partial charge on any atom is -0.382 e. The predicted molar refractivity (Wildman–Crippen MR) is 108 cm³/mol. The fourth-order valence-corrected chi connectivity index (χ4v) is 2.88. The van der Waals surface area contributed by atoms with Crippen molar-refractivity contribution in [1.82, 2.24) is 19.4 Å². The van der Waals surface area contributed by atoms with Crippen LogP contribution in [0, 0.1) is 12.7 Å². The molecule has 0 fully saturated rings. The molecule has 146 valence electrons. The second-order valence-electron chi connectivity index (χ2n) is 6.47. The Balaban J connectivity index is 1.50. The summed E-state index contributed by atoms with van der Waals surface area (Å²) in [4.78, 5) is 24.9. The van der Waals surface area contributed by atoms with Gasteiger partial charge in [-0.2, -0.15) is 0 Å². The molecule has 0 saturated heterocycles. The molecule has 1 amide bonds. The van der Waals surface area contributed by atoms with Crippen molar-refractivity contribution in [3.63, 3.8) is 0 Å². The van der Waals surface area contributed by atoms with Crippen molar-refractivity contribution in [3.05, 3.63) is 77.9 Å². The van der Waals surface area contributed by atoms with Crippen LogP contribution < -0.4 is 16.4 Å². The van der Waals surface area contributed by atoms with E-state index in [0.717, 1.165) is 5.69 Å². The number of pyridine rings is 1. The second-order valence-corrected chi connectivity index (χ2v) is 6.47. The van der Waals surface area contributed by atoms with Crippen LogP contribution in [0.5, 0.6) is 0 Å². The molecule has 4 N–H and O–H groups in total. The number of nitrogen functional groups attached to an aromatic ring is 1. The molecule has 0 aliphatic carbocycles. The number of aromatic nitrogens is 4. The summed E-state index contributed by atoms with van der Waals surface area (Å²) in [6, 6.07) is 7.85. The quantitative estimate of drug-likeness (QED) is 0.482. The first kappa shape index (κ1) is 18.4. The van der Waals surface area contributed by atoms with Crippen molar-refractivity contribution >= 4 is 28.7 Å². The van der Waals surface area contributed by atoms with Crippen molar-refractivity contribution in [2.75, 3.05) is 16.4 Å². The lowest BCUT2D eigenvalue weighted by molar-refractivity contribution is 0.102. The molecule has 3 aromatic heterocycles. The molecule has 1 aromatic carbocycles. The van der Waals surface area contributed by atoms with Gasteiger partial charge in [0.05, 0.1) is 17.6 Å². The van der Waals surface area contributed by atoms with Crippen LogP contribution in [-0.4, -0.2) is 25.3 Å². The highest BCUT2D eigenvalue weighted by atomic mass is 19.1. The van der Waals surface area contributed by atoms with E-state index in [9.17, 15) is 9.18 Å². The van der Waals surface area contributed by atoms with E-state index in [1.807, 2.05) is 6.92 Å². The van der Waals surface area contributed by atoms with E-state index in [4.69, 9.17) is 5.73 Å². The SMILES string of the molecule is Cc1cn2cc(C(=O)Nc3ccc(F)c(CNc4cccnc4N)c3)ncc2n1. The van der Waals surface area contributed by atoms with E-state index in [0.29, 0.717) is 28.4 Å². The first-order valence-corrected chi connectivity index (χ1v) is 8.85. The Labute approximate surface area is 165 Å². The van der Waals surface area contributed by atoms with Crippen LogP contribution in [0.25, 0.3) is 5.65 Å². The van der Waals surface area contributed by atoms with E-state index in [1.165, 1.54) is 18.3 Å². The Morgan fingerprint density at radius 3 is 2.93 bits per heavy atom. The first-order chi connectivity index (χ1) is 14.0. The van der Waals surface area contributed by atoms with Crippen LogP contribution in [0.3, 0.4) is 0 Å². The Morgan fingerprint density at radius 1 is 1.24 bits per heavy atom. The van der Waals surface area contributed by atoms with Crippen molar-refractivity contribution in [3.8, 4) is 0 Å². The average Bonchev–Trinajstić information content (AvgIpc) is 3.08. The molecular weight excluding hydrogens is 373 g/mol. The molecule has 0 bridgehead atoms. The van der Waals surface area contributed by atoms with Gasteiger partial charge in [0.2, 0.25) is 0 Å². The van der Waals surface area contributed by atoms with Gasteiger partial charge in [-0.15, -0.1) is 0 Å². The number of hydrogen-bond acceptors (Lipinski definition) is 6. The number of carbonyl (C=O) groups is 1. The van der Waals surface area contributed by atoms with Crippen LogP contribution in [-0.2, 0) is 6.54 Å². The average molecular weight is 391 g/mol. The fourth-order valence-electron chi connectivity index (χ4n) is 2.88. The van der Waals surface area contributed by atoms with Crippen LogP contribution in [0.1, 0.15) is 21.7 Å². The second kappa shape index (κ2) is 7.55. The number of nitrogens with two attached hydrogens (primary N) is 1. The number of carbonyl (C=O) groups excluding carboxylic acids is 1. The van der Waals surface area contributed by atoms with E-state index in [-0.39, 0.29) is 12.2 Å². The molecule has 0 saturated carbocycles. The molecule has 0 radical (unpaired) electrons. The molecule has 8 nitrogen and oxygen atoms in total. The van der Waals surface area contributed by atoms with E-state index in [1.54, 1.807) is 41.2 Å². The molecule has 9 heteroatoms. The third-order valence-electron chi connectivity index (χ3n) is 4.31. The van der Waals surface area contributed by atoms with Crippen LogP contribution in [0.2, 0.25) is 0 Å². The Hall–Kier alpha value is -4.01. The number of imidazole rings is 1. The summed E-state index contributed by atoms with van der Waals surface area (Å²) in [6.45, 7) is 2.05. The number of amides is 1. The largest absolute Gasteiger partial charge is 0.382 e. The van der Waals surface area contributed by atoms with E-state index < -0.39 is 11.7 Å². The van der Waals surface area contributed by atoms with Crippen LogP contribution >= 0.6 is 0 Å². The van der Waals surface area contributed by atoms with Gasteiger partial charge in [-0.3, -0.25) is 4.79 Å². The van der Waals surface area contributed by atoms with Gasteiger partial charge in [-0.25, -0.2) is 19.3 Å². The van der Waals surface area contributed by atoms with Crippen molar-refractivity contribution in [2.24, 2.45) is 0 Å². The van der Waals surface area contributed by atoms with Gasteiger partial charge in [-0.1, -0.05) is 0 Å². The van der Waals surface area contributed by atoms with Crippen LogP contribution in [0.4, 0.5) is 21.6 Å². The zero-order valence-electron chi connectivity index (χ0n) is 15.6. The van der Waals surface area contributed by atoms with Crippen LogP contribution in [0.15, 0.2) is 55.1 Å². The van der Waals surface area contributed by atoms with Gasteiger partial charge in [0.15, 0.2) is 5.65 Å². The summed E-state index contributed by atoms with van der Waals surface area (Å²) in [7, 11) is 0. The lowest BCUT2D eigenvalue weighted by atomic mass is 10.1. The van der Waals surface area contributed by atoms with Gasteiger partial charge < -0.3 is 20.8 Å². The molecule has 0 aliphatic heterocycles. The molecule has 0 unspecified atom stereocenters. The molecule has 3 heterocycles. The topological polar surface area (TPSA) is 110 Å². The maximum atomic E-state index is 14.2. The van der Waals surface area contributed by atoms with Gasteiger partial charge in [-0.05, 0) is 37.3 Å². The molecule has 4 rings (SSSR count). The molecular formula is C20H18FN7O. The third kappa shape index (κ3) is 3.98. The van der Waals surface area contributed by atoms with Gasteiger partial charge in [0.25, 0.3) is 5.91 Å². The molecule has 0 atom stereocenters. The number of aryl methyl sites for hydroxylation is 1. The number of rotatable bonds is 5. The number of anilines is 3. The minimum atomic E-state index is -0.403. The Morgan fingerprint density at radius 2 is 2.10 bits per heavy atom. The van der Waals surface area contributed by atoms with Gasteiger partial charge in [0.1, 0.15) is 17.3 Å². The maximum Gasteiger partial charge on any atom is 0.275 e. The summed E-state index contributed by atoms with van der Waals surface area (Å²) in [5.74, 6) is -0.472. The summed E-state index contributed by atoms with van der Waals surface area (Å²) < 4.78 is 15.9. The number of benzene rings is 1. The summed E-state index contributed by atoms with van der Waals surface area (Å²) in [5, 5.41) is 5.78. The normalized spacial score (nSPS) is 10.8. The van der Waals surface area contributed by atoms with Crippen molar-refractivity contribution in [2.45, 2.75) is 13.5 Å². The fraction of sp³-hybridized carbons (Fsp3) is 0.100. The predicted octanol–water partition coefficient (Wildman–Crippen LogP) is 3.02. The van der Waals surface area contributed by atoms with E-state index >= 15 is 0 Å². The van der Waals surface area contributed by atoms with Gasteiger partial charge >= 0.3 is 0 Å². The minimum absolute atomic E-state index is 0.184. The zero-order chi connectivity index (χ0) is 20.4. The van der Waals surface area contributed by atoms with Gasteiger partial charge in [0, 0.05) is 36.4 Å². The third-order valence-corrected chi connectivity index (χ3v) is 4.31. The summed E-state index contributed by atoms with van der Waals surface area (Å²) >= 11 is 0. The highest BCUT2D eigenvalue weighted by Crippen LogP contribution is 2.19. The van der Waals surface area contributed by atoms with Crippen molar-refractivity contribution in [1.29, 1.82) is 0 Å². The number of nitrogens with zero attached hydrogens (tertiary/aromatic N) is 4. The van der Waals surface area contributed by atoms with E-state index in [2.05, 4.69) is 25.6 Å². The number of nitrogens with one attached hydrogen (secondary N) is 2. The maximum absolute atomic E-state index is 14.2. The molecule has 0 aliphatic rings. The molecule has 4 aromatic rings. The van der Waals surface area contributed by atoms with Crippen molar-refractivity contribution < 1.29 is 9.18 Å². The molecule has 0 spiro atoms. The number of fused-ring (bicyclic) bond motifs is 1. The molecule has 29 heavy (non-hydrogen) atoms.